The SMILES string of the molecule is Cc1c(S(=O)(=O)[O-])ccc(S(=O)(=O)[O-])c1O.[Na+].[Na+]. The van der Waals surface area contributed by atoms with Gasteiger partial charge >= 0.3 is 59.1 Å². The van der Waals surface area contributed by atoms with E-state index in [0.29, 0.717) is 12.1 Å². The number of hydrogen-bond acceptors (Lipinski definition) is 7. The molecule has 0 saturated carbocycles. The van der Waals surface area contributed by atoms with Crippen LogP contribution in [0.15, 0.2) is 21.9 Å². The summed E-state index contributed by atoms with van der Waals surface area (Å²) in [7, 11) is -9.74. The third-order valence-corrected chi connectivity index (χ3v) is 3.73. The Hall–Kier alpha value is 0.840. The number of hydrogen-bond donors (Lipinski definition) is 1. The summed E-state index contributed by atoms with van der Waals surface area (Å²) in [6, 6.07) is 1.25. The number of phenolic OH excluding ortho intramolecular Hbond substituents is 1. The molecule has 1 N–H and O–H groups in total. The summed E-state index contributed by atoms with van der Waals surface area (Å²) in [5.74, 6) is -1.02. The third kappa shape index (κ3) is 4.75. The summed E-state index contributed by atoms with van der Waals surface area (Å²) >= 11 is 0. The van der Waals surface area contributed by atoms with Crippen molar-refractivity contribution in [2.75, 3.05) is 0 Å². The van der Waals surface area contributed by atoms with E-state index in [1.807, 2.05) is 0 Å². The normalized spacial score (nSPS) is 11.3. The minimum absolute atomic E-state index is 0. The van der Waals surface area contributed by atoms with Crippen LogP contribution in [0.4, 0.5) is 0 Å². The molecule has 0 unspecified atom stereocenters. The first-order valence-electron chi connectivity index (χ1n) is 3.79. The fourth-order valence-corrected chi connectivity index (χ4v) is 2.46. The molecule has 0 atom stereocenters. The van der Waals surface area contributed by atoms with Gasteiger partial charge in [-0.3, -0.25) is 0 Å². The molecule has 90 valence electrons. The molecule has 0 saturated heterocycles. The second-order valence-electron chi connectivity index (χ2n) is 2.94. The van der Waals surface area contributed by atoms with Crippen LogP contribution >= 0.6 is 0 Å². The van der Waals surface area contributed by atoms with E-state index < -0.39 is 41.3 Å². The number of benzene rings is 1. The van der Waals surface area contributed by atoms with Crippen LogP contribution in [0.1, 0.15) is 5.56 Å². The topological polar surface area (TPSA) is 135 Å². The Morgan fingerprint density at radius 3 is 1.61 bits per heavy atom. The first-order valence-corrected chi connectivity index (χ1v) is 6.61. The molecule has 0 amide bonds. The van der Waals surface area contributed by atoms with E-state index in [1.165, 1.54) is 0 Å². The molecular formula is C7H6Na2O7S2. The summed E-state index contributed by atoms with van der Waals surface area (Å²) in [6.45, 7) is 1.02. The van der Waals surface area contributed by atoms with Gasteiger partial charge in [0.15, 0.2) is 0 Å². The Morgan fingerprint density at radius 1 is 0.944 bits per heavy atom. The molecule has 0 aliphatic heterocycles. The van der Waals surface area contributed by atoms with E-state index in [2.05, 4.69) is 0 Å². The van der Waals surface area contributed by atoms with E-state index in [4.69, 9.17) is 0 Å². The van der Waals surface area contributed by atoms with Gasteiger partial charge in [-0.2, -0.15) is 0 Å². The van der Waals surface area contributed by atoms with Gasteiger partial charge in [-0.25, -0.2) is 16.8 Å². The van der Waals surface area contributed by atoms with Crippen LogP contribution in [-0.4, -0.2) is 31.0 Å². The first kappa shape index (κ1) is 21.1. The minimum Gasteiger partial charge on any atom is -0.744 e. The van der Waals surface area contributed by atoms with Crippen LogP contribution in [0.25, 0.3) is 0 Å². The number of rotatable bonds is 2. The van der Waals surface area contributed by atoms with Crippen molar-refractivity contribution in [3.63, 3.8) is 0 Å². The van der Waals surface area contributed by atoms with Crippen molar-refractivity contribution >= 4 is 20.2 Å². The van der Waals surface area contributed by atoms with Gasteiger partial charge in [0.05, 0.1) is 9.79 Å². The number of phenols is 1. The zero-order valence-corrected chi connectivity index (χ0v) is 15.5. The smallest absolute Gasteiger partial charge is 0.744 e. The van der Waals surface area contributed by atoms with Gasteiger partial charge in [0.1, 0.15) is 26.0 Å². The van der Waals surface area contributed by atoms with Crippen LogP contribution in [0.3, 0.4) is 0 Å². The van der Waals surface area contributed by atoms with Gasteiger partial charge in [-0.05, 0) is 19.1 Å². The standard InChI is InChI=1S/C7H8O7S2.2Na/c1-4-5(15(9,10)11)2-3-6(7(4)8)16(12,13)14;;/h2-3,8H,1H3,(H,9,10,11)(H,12,13,14);;/q;2*+1/p-2. The fourth-order valence-electron chi connectivity index (χ4n) is 1.13. The molecule has 0 spiro atoms. The first-order chi connectivity index (χ1) is 7.05. The molecule has 0 aliphatic rings. The average Bonchev–Trinajstić information content (AvgIpc) is 2.05. The van der Waals surface area contributed by atoms with E-state index in [9.17, 15) is 31.0 Å². The quantitative estimate of drug-likeness (QED) is 0.424. The van der Waals surface area contributed by atoms with Gasteiger partial charge in [0, 0.05) is 5.56 Å². The van der Waals surface area contributed by atoms with Crippen molar-refractivity contribution in [1.82, 2.24) is 0 Å². The van der Waals surface area contributed by atoms with Crippen molar-refractivity contribution in [2.24, 2.45) is 0 Å². The molecule has 1 aromatic rings. The van der Waals surface area contributed by atoms with Crippen LogP contribution in [0.2, 0.25) is 0 Å². The maximum Gasteiger partial charge on any atom is 1.00 e. The van der Waals surface area contributed by atoms with Crippen molar-refractivity contribution < 1.29 is 90.2 Å². The molecule has 0 aliphatic carbocycles. The molecular weight excluding hydrogens is 306 g/mol. The monoisotopic (exact) mass is 312 g/mol. The zero-order valence-electron chi connectivity index (χ0n) is 9.87. The van der Waals surface area contributed by atoms with Gasteiger partial charge in [-0.1, -0.05) is 0 Å². The van der Waals surface area contributed by atoms with Crippen LogP contribution in [0, 0.1) is 6.92 Å². The summed E-state index contributed by atoms with van der Waals surface area (Å²) in [5, 5.41) is 9.29. The number of aromatic hydroxyl groups is 1. The van der Waals surface area contributed by atoms with Crippen molar-refractivity contribution in [1.29, 1.82) is 0 Å². The van der Waals surface area contributed by atoms with Crippen LogP contribution < -0.4 is 59.1 Å². The summed E-state index contributed by atoms with van der Waals surface area (Å²) in [4.78, 5) is -1.73. The van der Waals surface area contributed by atoms with Crippen molar-refractivity contribution in [3.05, 3.63) is 17.7 Å². The predicted octanol–water partition coefficient (Wildman–Crippen LogP) is -6.48. The molecule has 0 radical (unpaired) electrons. The largest absolute Gasteiger partial charge is 1.00 e. The maximum absolute atomic E-state index is 10.7. The van der Waals surface area contributed by atoms with E-state index in [1.54, 1.807) is 0 Å². The van der Waals surface area contributed by atoms with Gasteiger partial charge < -0.3 is 14.2 Å². The Bertz CT molecular complexity index is 579. The molecule has 0 bridgehead atoms. The van der Waals surface area contributed by atoms with E-state index in [0.717, 1.165) is 6.92 Å². The van der Waals surface area contributed by atoms with Gasteiger partial charge in [0.25, 0.3) is 0 Å². The van der Waals surface area contributed by atoms with Crippen LogP contribution in [0.5, 0.6) is 5.75 Å². The molecule has 1 aromatic carbocycles. The molecule has 0 aromatic heterocycles. The van der Waals surface area contributed by atoms with E-state index >= 15 is 0 Å². The zero-order chi connectivity index (χ0) is 12.7. The van der Waals surface area contributed by atoms with Crippen molar-refractivity contribution in [3.8, 4) is 5.75 Å². The van der Waals surface area contributed by atoms with Gasteiger partial charge in [-0.15, -0.1) is 0 Å². The fraction of sp³-hybridized carbons (Fsp3) is 0.143. The van der Waals surface area contributed by atoms with E-state index in [-0.39, 0.29) is 59.1 Å². The molecule has 11 heteroatoms. The second-order valence-corrected chi connectivity index (χ2v) is 5.64. The second kappa shape index (κ2) is 7.02. The minimum atomic E-state index is -4.92. The molecule has 1 rings (SSSR count). The molecule has 7 nitrogen and oxygen atoms in total. The van der Waals surface area contributed by atoms with Crippen molar-refractivity contribution in [2.45, 2.75) is 16.7 Å². The predicted molar refractivity (Wildman–Crippen MR) is 48.8 cm³/mol. The Labute approximate surface area is 149 Å². The average molecular weight is 312 g/mol. The molecule has 18 heavy (non-hydrogen) atoms. The molecule has 0 heterocycles. The summed E-state index contributed by atoms with van der Waals surface area (Å²) in [6.07, 6.45) is 0. The Morgan fingerprint density at radius 2 is 1.28 bits per heavy atom. The maximum atomic E-state index is 10.7. The Kier molecular flexibility index (Phi) is 8.25. The van der Waals surface area contributed by atoms with Gasteiger partial charge in [0.2, 0.25) is 0 Å². The summed E-state index contributed by atoms with van der Waals surface area (Å²) < 4.78 is 63.9. The third-order valence-electron chi connectivity index (χ3n) is 1.88. The molecule has 0 fully saturated rings. The van der Waals surface area contributed by atoms with Crippen LogP contribution in [-0.2, 0) is 20.2 Å². The summed E-state index contributed by atoms with van der Waals surface area (Å²) in [5.41, 5.74) is -0.466. The Balaban J connectivity index is 0.